The molecular weight excluding hydrogens is 258 g/mol. The van der Waals surface area contributed by atoms with Crippen LogP contribution in [0.1, 0.15) is 28.6 Å². The number of hydrogen-bond donors (Lipinski definition) is 4. The molecule has 0 aliphatic carbocycles. The zero-order chi connectivity index (χ0) is 13.7. The van der Waals surface area contributed by atoms with E-state index in [1.165, 1.54) is 18.0 Å². The first-order chi connectivity index (χ1) is 8.51. The minimum atomic E-state index is -1.37. The molecule has 8 heteroatoms. The van der Waals surface area contributed by atoms with E-state index in [2.05, 4.69) is 9.97 Å². The van der Waals surface area contributed by atoms with E-state index in [4.69, 9.17) is 10.8 Å². The van der Waals surface area contributed by atoms with Gasteiger partial charge in [0.25, 0.3) is 0 Å². The summed E-state index contributed by atoms with van der Waals surface area (Å²) in [6.45, 7) is 0.185. The summed E-state index contributed by atoms with van der Waals surface area (Å²) in [5.74, 6) is -1.28. The van der Waals surface area contributed by atoms with Crippen molar-refractivity contribution in [2.45, 2.75) is 23.8 Å². The summed E-state index contributed by atoms with van der Waals surface area (Å²) < 4.78 is 0. The Bertz CT molecular complexity index is 430. The third-order valence-corrected chi connectivity index (χ3v) is 2.89. The lowest BCUT2D eigenvalue weighted by Gasteiger charge is -2.18. The average molecular weight is 273 g/mol. The lowest BCUT2D eigenvalue weighted by molar-refractivity contribution is 0.0134. The van der Waals surface area contributed by atoms with Crippen LogP contribution in [0.5, 0.6) is 0 Å². The second-order valence-electron chi connectivity index (χ2n) is 3.56. The molecule has 0 amide bonds. The molecule has 1 heterocycles. The van der Waals surface area contributed by atoms with E-state index < -0.39 is 18.2 Å². The number of carboxylic acid groups (broad SMARTS) is 1. The van der Waals surface area contributed by atoms with Crippen LogP contribution in [0.3, 0.4) is 0 Å². The quantitative estimate of drug-likeness (QED) is 0.408. The molecule has 1 aromatic heterocycles. The molecule has 100 valence electrons. The first-order valence-electron chi connectivity index (χ1n) is 5.21. The van der Waals surface area contributed by atoms with Crippen LogP contribution in [0.25, 0.3) is 0 Å². The third kappa shape index (κ3) is 3.39. The summed E-state index contributed by atoms with van der Waals surface area (Å²) in [7, 11) is 0. The van der Waals surface area contributed by atoms with Crippen molar-refractivity contribution in [2.24, 2.45) is 5.73 Å². The fraction of sp³-hybridized carbons (Fsp3) is 0.500. The Morgan fingerprint density at radius 3 is 2.72 bits per heavy atom. The Balaban J connectivity index is 3.10. The van der Waals surface area contributed by atoms with Crippen LogP contribution >= 0.6 is 11.8 Å². The molecule has 1 aromatic rings. The molecule has 5 N–H and O–H groups in total. The third-order valence-electron chi connectivity index (χ3n) is 2.33. The summed E-state index contributed by atoms with van der Waals surface area (Å²) in [5, 5.41) is 28.8. The van der Waals surface area contributed by atoms with E-state index in [9.17, 15) is 15.0 Å². The summed E-state index contributed by atoms with van der Waals surface area (Å²) >= 11 is 1.19. The molecule has 0 fully saturated rings. The maximum atomic E-state index is 11.1. The number of thioether (sulfide) groups is 1. The molecule has 2 unspecified atom stereocenters. The molecule has 1 rings (SSSR count). The highest BCUT2D eigenvalue weighted by Gasteiger charge is 2.25. The minimum Gasteiger partial charge on any atom is -0.476 e. The summed E-state index contributed by atoms with van der Waals surface area (Å²) in [4.78, 5) is 18.8. The van der Waals surface area contributed by atoms with Gasteiger partial charge in [0.2, 0.25) is 0 Å². The smallest absolute Gasteiger partial charge is 0.355 e. The first-order valence-corrected chi connectivity index (χ1v) is 6.44. The van der Waals surface area contributed by atoms with E-state index in [0.717, 1.165) is 0 Å². The number of aromatic nitrogens is 2. The van der Waals surface area contributed by atoms with Crippen LogP contribution < -0.4 is 5.73 Å². The second-order valence-corrected chi connectivity index (χ2v) is 4.33. The number of hydrogen-bond acceptors (Lipinski definition) is 7. The summed E-state index contributed by atoms with van der Waals surface area (Å²) in [6, 6.07) is 0. The monoisotopic (exact) mass is 273 g/mol. The molecule has 0 bridgehead atoms. The molecule has 18 heavy (non-hydrogen) atoms. The van der Waals surface area contributed by atoms with Crippen LogP contribution in [0.2, 0.25) is 0 Å². The highest BCUT2D eigenvalue weighted by Crippen LogP contribution is 2.22. The van der Waals surface area contributed by atoms with Gasteiger partial charge in [0.15, 0.2) is 10.9 Å². The molecular formula is C10H15N3O4S. The minimum absolute atomic E-state index is 0.0127. The SMILES string of the molecule is CSc1ncc(C(O)C(O)CCN)c(C(=O)O)n1. The average Bonchev–Trinajstić information content (AvgIpc) is 2.37. The molecule has 0 aliphatic rings. The van der Waals surface area contributed by atoms with E-state index in [1.807, 2.05) is 0 Å². The zero-order valence-electron chi connectivity index (χ0n) is 9.78. The van der Waals surface area contributed by atoms with Crippen molar-refractivity contribution in [3.05, 3.63) is 17.5 Å². The Kier molecular flexibility index (Phi) is 5.48. The number of aromatic carboxylic acids is 1. The van der Waals surface area contributed by atoms with Crippen LogP contribution in [0.4, 0.5) is 0 Å². The van der Waals surface area contributed by atoms with Crippen molar-refractivity contribution < 1.29 is 20.1 Å². The van der Waals surface area contributed by atoms with Gasteiger partial charge in [-0.3, -0.25) is 0 Å². The van der Waals surface area contributed by atoms with Crippen molar-refractivity contribution in [3.8, 4) is 0 Å². The summed E-state index contributed by atoms with van der Waals surface area (Å²) in [5.41, 5.74) is 4.95. The van der Waals surface area contributed by atoms with E-state index in [-0.39, 0.29) is 29.4 Å². The van der Waals surface area contributed by atoms with Gasteiger partial charge in [-0.25, -0.2) is 14.8 Å². The van der Waals surface area contributed by atoms with Crippen molar-refractivity contribution >= 4 is 17.7 Å². The standard InChI is InChI=1S/C10H15N3O4S/c1-18-10-12-4-5(7(13-10)9(16)17)8(15)6(14)2-3-11/h4,6,8,14-15H,2-3,11H2,1H3,(H,16,17). The number of carboxylic acids is 1. The van der Waals surface area contributed by atoms with E-state index >= 15 is 0 Å². The van der Waals surface area contributed by atoms with Crippen LogP contribution in [-0.2, 0) is 0 Å². The van der Waals surface area contributed by atoms with Crippen molar-refractivity contribution in [1.82, 2.24) is 9.97 Å². The Labute approximate surface area is 108 Å². The number of carbonyl (C=O) groups is 1. The fourth-order valence-electron chi connectivity index (χ4n) is 1.40. The van der Waals surface area contributed by atoms with Crippen LogP contribution in [0.15, 0.2) is 11.4 Å². The van der Waals surface area contributed by atoms with Crippen LogP contribution in [-0.4, -0.2) is 50.2 Å². The predicted molar refractivity (Wildman–Crippen MR) is 65.4 cm³/mol. The highest BCUT2D eigenvalue weighted by atomic mass is 32.2. The van der Waals surface area contributed by atoms with Gasteiger partial charge in [-0.15, -0.1) is 0 Å². The van der Waals surface area contributed by atoms with Crippen LogP contribution in [0, 0.1) is 0 Å². The van der Waals surface area contributed by atoms with Gasteiger partial charge < -0.3 is 21.1 Å². The van der Waals surface area contributed by atoms with Gasteiger partial charge in [0.1, 0.15) is 6.10 Å². The molecule has 0 radical (unpaired) electrons. The highest BCUT2D eigenvalue weighted by molar-refractivity contribution is 7.98. The first kappa shape index (κ1) is 14.8. The van der Waals surface area contributed by atoms with E-state index in [1.54, 1.807) is 6.26 Å². The molecule has 0 saturated heterocycles. The molecule has 0 aromatic carbocycles. The number of nitrogens with zero attached hydrogens (tertiary/aromatic N) is 2. The Morgan fingerprint density at radius 1 is 1.56 bits per heavy atom. The molecule has 2 atom stereocenters. The van der Waals surface area contributed by atoms with Crippen molar-refractivity contribution in [2.75, 3.05) is 12.8 Å². The molecule has 0 aliphatic heterocycles. The largest absolute Gasteiger partial charge is 0.476 e. The molecule has 0 spiro atoms. The van der Waals surface area contributed by atoms with Gasteiger partial charge >= 0.3 is 5.97 Å². The Hall–Kier alpha value is -1.22. The number of aliphatic hydroxyl groups is 2. The number of aliphatic hydroxyl groups excluding tert-OH is 2. The van der Waals surface area contributed by atoms with Gasteiger partial charge in [-0.2, -0.15) is 0 Å². The number of rotatable bonds is 6. The van der Waals surface area contributed by atoms with Gasteiger partial charge in [-0.05, 0) is 19.2 Å². The normalized spacial score (nSPS) is 14.2. The van der Waals surface area contributed by atoms with Gasteiger partial charge in [0.05, 0.1) is 6.10 Å². The van der Waals surface area contributed by atoms with E-state index in [0.29, 0.717) is 0 Å². The second kappa shape index (κ2) is 6.64. The topological polar surface area (TPSA) is 130 Å². The lowest BCUT2D eigenvalue weighted by atomic mass is 10.0. The van der Waals surface area contributed by atoms with Crippen molar-refractivity contribution in [1.29, 1.82) is 0 Å². The maximum Gasteiger partial charge on any atom is 0.355 e. The predicted octanol–water partition coefficient (Wildman–Crippen LogP) is -0.360. The van der Waals surface area contributed by atoms with Gasteiger partial charge in [0, 0.05) is 11.8 Å². The fourth-order valence-corrected chi connectivity index (χ4v) is 1.74. The Morgan fingerprint density at radius 2 is 2.22 bits per heavy atom. The molecule has 7 nitrogen and oxygen atoms in total. The lowest BCUT2D eigenvalue weighted by Crippen LogP contribution is -2.24. The van der Waals surface area contributed by atoms with Gasteiger partial charge in [-0.1, -0.05) is 11.8 Å². The van der Waals surface area contributed by atoms with Crippen molar-refractivity contribution in [3.63, 3.8) is 0 Å². The number of nitrogens with two attached hydrogens (primary N) is 1. The zero-order valence-corrected chi connectivity index (χ0v) is 10.6. The maximum absolute atomic E-state index is 11.1. The summed E-state index contributed by atoms with van der Waals surface area (Å²) in [6.07, 6.45) is 0.574. The molecule has 0 saturated carbocycles.